The first-order valence-electron chi connectivity index (χ1n) is 10.8. The van der Waals surface area contributed by atoms with Crippen LogP contribution in [0.4, 0.5) is 0 Å². The molecule has 0 aliphatic heterocycles. The molecule has 4 heteroatoms. The molecule has 3 nitrogen and oxygen atoms in total. The van der Waals surface area contributed by atoms with E-state index in [0.717, 1.165) is 50.0 Å². The molecule has 1 radical (unpaired) electrons. The Kier molecular flexibility index (Phi) is 7.32. The third-order valence-electron chi connectivity index (χ3n) is 5.41. The van der Waals surface area contributed by atoms with Gasteiger partial charge in [-0.15, -0.1) is 54.1 Å². The van der Waals surface area contributed by atoms with Crippen molar-refractivity contribution in [2.24, 2.45) is 0 Å². The number of fused-ring (bicyclic) bond motifs is 3. The van der Waals surface area contributed by atoms with Gasteiger partial charge in [0, 0.05) is 37.9 Å². The Hall–Kier alpha value is -3.59. The largest absolute Gasteiger partial charge is 0.501 e. The molecule has 0 aliphatic rings. The Bertz CT molecular complexity index is 1520. The normalized spacial score (nSPS) is 10.4. The molecule has 0 bridgehead atoms. The van der Waals surface area contributed by atoms with Crippen molar-refractivity contribution in [3.05, 3.63) is 121 Å². The fourth-order valence-electron chi connectivity index (χ4n) is 3.73. The Labute approximate surface area is 212 Å². The summed E-state index contributed by atoms with van der Waals surface area (Å²) >= 11 is 0. The van der Waals surface area contributed by atoms with Gasteiger partial charge in [0.2, 0.25) is 0 Å². The van der Waals surface area contributed by atoms with E-state index in [0.29, 0.717) is 0 Å². The van der Waals surface area contributed by atoms with Crippen LogP contribution in [-0.2, 0) is 20.1 Å². The molecular formula is C30H22IrN2O-2. The standard InChI is InChI=1S/C18H12NO.C12H10N.Ir/c1-12-9-10-16(19-11-12)15-7-4-6-14-13-5-2-3-8-17(13)20-18(14)15;1-10-7-8-13-12(9-10)11-5-3-2-4-6-11;/h2-6,8-11H,1H3;2-5,7-9H,1H3;/q2*-1;. The fraction of sp³-hybridized carbons (Fsp3) is 0.0667. The number of hydrogen-bond acceptors (Lipinski definition) is 3. The van der Waals surface area contributed by atoms with Crippen LogP contribution in [0, 0.1) is 26.0 Å². The van der Waals surface area contributed by atoms with Crippen molar-refractivity contribution in [3.8, 4) is 22.5 Å². The average Bonchev–Trinajstić information content (AvgIpc) is 3.25. The third kappa shape index (κ3) is 4.99. The van der Waals surface area contributed by atoms with Crippen LogP contribution < -0.4 is 0 Å². The second kappa shape index (κ2) is 10.6. The maximum absolute atomic E-state index is 6.00. The number of para-hydroxylation sites is 1. The van der Waals surface area contributed by atoms with Crippen molar-refractivity contribution in [1.29, 1.82) is 0 Å². The zero-order chi connectivity index (χ0) is 22.6. The van der Waals surface area contributed by atoms with E-state index in [1.54, 1.807) is 0 Å². The number of furan rings is 1. The van der Waals surface area contributed by atoms with Crippen LogP contribution in [0.3, 0.4) is 0 Å². The van der Waals surface area contributed by atoms with Crippen molar-refractivity contribution in [2.45, 2.75) is 13.8 Å². The maximum Gasteiger partial charge on any atom is 0.120 e. The second-order valence-electron chi connectivity index (χ2n) is 7.91. The molecule has 3 aromatic carbocycles. The molecule has 6 aromatic rings. The molecule has 0 unspecified atom stereocenters. The number of pyridine rings is 2. The SMILES string of the molecule is Cc1ccc(-c2[c-]ccc3c2oc2ccccc23)nc1.Cc1ccnc(-c2[c-]cccc2)c1.[Ir]. The van der Waals surface area contributed by atoms with E-state index in [2.05, 4.69) is 47.2 Å². The smallest absolute Gasteiger partial charge is 0.120 e. The van der Waals surface area contributed by atoms with Gasteiger partial charge in [0.05, 0.1) is 5.58 Å². The van der Waals surface area contributed by atoms with Gasteiger partial charge < -0.3 is 14.4 Å². The maximum atomic E-state index is 6.00. The molecule has 0 saturated carbocycles. The number of nitrogens with zero attached hydrogens (tertiary/aromatic N) is 2. The minimum absolute atomic E-state index is 0. The van der Waals surface area contributed by atoms with E-state index in [1.165, 1.54) is 5.56 Å². The molecule has 6 rings (SSSR count). The van der Waals surface area contributed by atoms with Gasteiger partial charge in [-0.25, -0.2) is 0 Å². The molecule has 0 atom stereocenters. The Morgan fingerprint density at radius 2 is 1.56 bits per heavy atom. The zero-order valence-electron chi connectivity index (χ0n) is 18.9. The summed E-state index contributed by atoms with van der Waals surface area (Å²) in [5.41, 5.74) is 7.96. The minimum atomic E-state index is 0. The first-order valence-corrected chi connectivity index (χ1v) is 10.8. The number of aryl methyl sites for hydroxylation is 2. The van der Waals surface area contributed by atoms with Crippen LogP contribution >= 0.6 is 0 Å². The molecule has 3 aromatic heterocycles. The van der Waals surface area contributed by atoms with Gasteiger partial charge in [0.1, 0.15) is 5.58 Å². The van der Waals surface area contributed by atoms with Gasteiger partial charge in [0.25, 0.3) is 0 Å². The Morgan fingerprint density at radius 3 is 2.32 bits per heavy atom. The van der Waals surface area contributed by atoms with Gasteiger partial charge in [-0.2, -0.15) is 0 Å². The van der Waals surface area contributed by atoms with E-state index in [4.69, 9.17) is 4.42 Å². The molecule has 0 amide bonds. The fourth-order valence-corrected chi connectivity index (χ4v) is 3.73. The molecule has 0 saturated heterocycles. The van der Waals surface area contributed by atoms with E-state index < -0.39 is 0 Å². The predicted molar refractivity (Wildman–Crippen MR) is 134 cm³/mol. The average molecular weight is 619 g/mol. The first-order chi connectivity index (χ1) is 16.2. The van der Waals surface area contributed by atoms with E-state index in [1.807, 2.05) is 86.0 Å². The van der Waals surface area contributed by atoms with Crippen molar-refractivity contribution in [1.82, 2.24) is 9.97 Å². The van der Waals surface area contributed by atoms with Crippen LogP contribution in [0.5, 0.6) is 0 Å². The number of hydrogen-bond donors (Lipinski definition) is 0. The monoisotopic (exact) mass is 619 g/mol. The van der Waals surface area contributed by atoms with E-state index in [-0.39, 0.29) is 20.1 Å². The Morgan fingerprint density at radius 1 is 0.706 bits per heavy atom. The third-order valence-corrected chi connectivity index (χ3v) is 5.41. The number of aromatic nitrogens is 2. The van der Waals surface area contributed by atoms with Crippen molar-refractivity contribution >= 4 is 21.9 Å². The van der Waals surface area contributed by atoms with Gasteiger partial charge in [-0.1, -0.05) is 52.9 Å². The topological polar surface area (TPSA) is 38.9 Å². The van der Waals surface area contributed by atoms with Crippen molar-refractivity contribution < 1.29 is 24.5 Å². The summed E-state index contributed by atoms with van der Waals surface area (Å²) in [6, 6.07) is 34.4. The molecule has 3 heterocycles. The van der Waals surface area contributed by atoms with E-state index in [9.17, 15) is 0 Å². The van der Waals surface area contributed by atoms with Gasteiger partial charge in [-0.3, -0.25) is 0 Å². The zero-order valence-corrected chi connectivity index (χ0v) is 21.3. The summed E-state index contributed by atoms with van der Waals surface area (Å²) in [7, 11) is 0. The van der Waals surface area contributed by atoms with E-state index >= 15 is 0 Å². The summed E-state index contributed by atoms with van der Waals surface area (Å²) in [6.07, 6.45) is 3.69. The van der Waals surface area contributed by atoms with Crippen LogP contribution in [0.15, 0.2) is 102 Å². The number of rotatable bonds is 2. The predicted octanol–water partition coefficient (Wildman–Crippen LogP) is 7.61. The minimum Gasteiger partial charge on any atom is -0.501 e. The Balaban J connectivity index is 0.000000171. The second-order valence-corrected chi connectivity index (χ2v) is 7.91. The molecular weight excluding hydrogens is 597 g/mol. The summed E-state index contributed by atoms with van der Waals surface area (Å²) in [5, 5.41) is 2.24. The van der Waals surface area contributed by atoms with Crippen LogP contribution in [0.1, 0.15) is 11.1 Å². The van der Waals surface area contributed by atoms with Gasteiger partial charge >= 0.3 is 0 Å². The molecule has 0 N–H and O–H groups in total. The van der Waals surface area contributed by atoms with Crippen LogP contribution in [-0.4, -0.2) is 9.97 Å². The summed E-state index contributed by atoms with van der Waals surface area (Å²) in [6.45, 7) is 4.09. The molecule has 169 valence electrons. The van der Waals surface area contributed by atoms with Crippen molar-refractivity contribution in [3.63, 3.8) is 0 Å². The molecule has 34 heavy (non-hydrogen) atoms. The molecule has 0 fully saturated rings. The number of benzene rings is 3. The molecule has 0 aliphatic carbocycles. The summed E-state index contributed by atoms with van der Waals surface area (Å²) in [4.78, 5) is 8.76. The van der Waals surface area contributed by atoms with Crippen molar-refractivity contribution in [2.75, 3.05) is 0 Å². The van der Waals surface area contributed by atoms with Gasteiger partial charge in [-0.05, 0) is 42.9 Å². The quantitative estimate of drug-likeness (QED) is 0.188. The summed E-state index contributed by atoms with van der Waals surface area (Å²) in [5.74, 6) is 0. The van der Waals surface area contributed by atoms with Crippen LogP contribution in [0.2, 0.25) is 0 Å². The molecule has 0 spiro atoms. The first kappa shape index (κ1) is 23.6. The van der Waals surface area contributed by atoms with Gasteiger partial charge in [0.15, 0.2) is 0 Å². The van der Waals surface area contributed by atoms with Crippen LogP contribution in [0.25, 0.3) is 44.5 Å². The summed E-state index contributed by atoms with van der Waals surface area (Å²) < 4.78 is 6.00.